The molecule has 0 amide bonds. The smallest absolute Gasteiger partial charge is 0.201 e. The van der Waals surface area contributed by atoms with Crippen LogP contribution in [0.5, 0.6) is 0 Å². The summed E-state index contributed by atoms with van der Waals surface area (Å²) >= 11 is 0. The molecular formula is C17H25N2O2. The minimum absolute atomic E-state index is 0.0151. The van der Waals surface area contributed by atoms with Crippen LogP contribution in [0.3, 0.4) is 0 Å². The van der Waals surface area contributed by atoms with E-state index in [4.69, 9.17) is 4.42 Å². The van der Waals surface area contributed by atoms with Crippen LogP contribution in [0.2, 0.25) is 0 Å². The molecule has 0 aliphatic carbocycles. The lowest BCUT2D eigenvalue weighted by Gasteiger charge is -2.33. The van der Waals surface area contributed by atoms with Crippen molar-refractivity contribution < 1.29 is 9.21 Å². The van der Waals surface area contributed by atoms with Crippen LogP contribution in [-0.2, 0) is 0 Å². The third-order valence-corrected chi connectivity index (χ3v) is 4.82. The first-order chi connectivity index (χ1) is 10.3. The molecule has 1 aromatic heterocycles. The molecule has 0 aromatic carbocycles. The Morgan fingerprint density at radius 3 is 2.43 bits per heavy atom. The number of ketones is 1. The standard InChI is InChI=1S/C17H25N2O2/c20-17(16-2-1-11-21-16)15(14-5-9-19-10-6-14)12-13-3-7-18-8-4-13/h1-2,11-15,18-19H,3-10H2. The van der Waals surface area contributed by atoms with Crippen molar-refractivity contribution in [1.82, 2.24) is 10.6 Å². The molecule has 2 saturated heterocycles. The fourth-order valence-electron chi connectivity index (χ4n) is 3.57. The summed E-state index contributed by atoms with van der Waals surface area (Å²) in [5.41, 5.74) is 0. The van der Waals surface area contributed by atoms with Crippen molar-refractivity contribution in [3.05, 3.63) is 30.6 Å². The van der Waals surface area contributed by atoms with E-state index in [2.05, 4.69) is 17.1 Å². The molecule has 0 bridgehead atoms. The molecule has 4 heteroatoms. The highest BCUT2D eigenvalue weighted by Crippen LogP contribution is 2.32. The number of nitrogens with one attached hydrogen (secondary N) is 2. The molecule has 2 aliphatic rings. The molecule has 1 atom stereocenters. The van der Waals surface area contributed by atoms with Crippen LogP contribution in [-0.4, -0.2) is 32.0 Å². The van der Waals surface area contributed by atoms with E-state index in [0.717, 1.165) is 51.9 Å². The van der Waals surface area contributed by atoms with E-state index >= 15 is 0 Å². The topological polar surface area (TPSA) is 54.3 Å². The summed E-state index contributed by atoms with van der Waals surface area (Å²) in [6.45, 7) is 4.17. The number of carbonyl (C=O) groups excluding carboxylic acids is 1. The van der Waals surface area contributed by atoms with E-state index in [1.54, 1.807) is 18.4 Å². The van der Waals surface area contributed by atoms with Crippen LogP contribution in [0.4, 0.5) is 0 Å². The average Bonchev–Trinajstić information content (AvgIpc) is 3.08. The molecule has 0 spiro atoms. The molecular weight excluding hydrogens is 264 g/mol. The molecule has 2 fully saturated rings. The van der Waals surface area contributed by atoms with Gasteiger partial charge in [0, 0.05) is 5.92 Å². The van der Waals surface area contributed by atoms with Crippen molar-refractivity contribution in [2.24, 2.45) is 17.8 Å². The second-order valence-electron chi connectivity index (χ2n) is 6.23. The molecule has 0 saturated carbocycles. The van der Waals surface area contributed by atoms with Crippen LogP contribution in [0.15, 0.2) is 22.8 Å². The van der Waals surface area contributed by atoms with Gasteiger partial charge in [-0.2, -0.15) is 0 Å². The van der Waals surface area contributed by atoms with Crippen molar-refractivity contribution in [3.63, 3.8) is 0 Å². The molecule has 2 aliphatic heterocycles. The number of hydrogen-bond donors (Lipinski definition) is 2. The normalized spacial score (nSPS) is 23.0. The molecule has 3 heterocycles. The summed E-state index contributed by atoms with van der Waals surface area (Å²) in [6.07, 6.45) is 8.38. The van der Waals surface area contributed by atoms with Crippen molar-refractivity contribution in [2.45, 2.75) is 25.7 Å². The lowest BCUT2D eigenvalue weighted by atomic mass is 9.75. The van der Waals surface area contributed by atoms with E-state index in [9.17, 15) is 4.79 Å². The minimum Gasteiger partial charge on any atom is -0.461 e. The van der Waals surface area contributed by atoms with Gasteiger partial charge < -0.3 is 15.1 Å². The van der Waals surface area contributed by atoms with Gasteiger partial charge >= 0.3 is 0 Å². The Morgan fingerprint density at radius 1 is 1.14 bits per heavy atom. The van der Waals surface area contributed by atoms with Gasteiger partial charge in [-0.1, -0.05) is 0 Å². The average molecular weight is 289 g/mol. The first kappa shape index (κ1) is 14.8. The lowest BCUT2D eigenvalue weighted by molar-refractivity contribution is 0.0837. The van der Waals surface area contributed by atoms with Crippen LogP contribution >= 0.6 is 0 Å². The van der Waals surface area contributed by atoms with E-state index < -0.39 is 0 Å². The zero-order valence-corrected chi connectivity index (χ0v) is 12.5. The third kappa shape index (κ3) is 3.74. The predicted octanol–water partition coefficient (Wildman–Crippen LogP) is 2.28. The largest absolute Gasteiger partial charge is 0.461 e. The lowest BCUT2D eigenvalue weighted by Crippen LogP contribution is -2.37. The SMILES string of the molecule is O=C(c1ccco1)C([CH]C1CCNCC1)C1CCNCC1. The van der Waals surface area contributed by atoms with E-state index in [1.807, 2.05) is 0 Å². The van der Waals surface area contributed by atoms with Gasteiger partial charge in [0.05, 0.1) is 6.26 Å². The molecule has 1 unspecified atom stereocenters. The minimum atomic E-state index is 0.0151. The highest BCUT2D eigenvalue weighted by Gasteiger charge is 2.33. The number of hydrogen-bond acceptors (Lipinski definition) is 4. The van der Waals surface area contributed by atoms with Crippen molar-refractivity contribution >= 4 is 5.78 Å². The number of Topliss-reactive ketones (excluding diaryl/α,β-unsaturated/α-hetero) is 1. The van der Waals surface area contributed by atoms with Gasteiger partial charge in [0.2, 0.25) is 5.78 Å². The highest BCUT2D eigenvalue weighted by molar-refractivity contribution is 5.96. The molecule has 1 radical (unpaired) electrons. The highest BCUT2D eigenvalue weighted by atomic mass is 16.3. The van der Waals surface area contributed by atoms with Gasteiger partial charge in [0.15, 0.2) is 5.76 Å². The second kappa shape index (κ2) is 7.23. The maximum absolute atomic E-state index is 12.8. The van der Waals surface area contributed by atoms with Gasteiger partial charge in [0.25, 0.3) is 0 Å². The van der Waals surface area contributed by atoms with Gasteiger partial charge in [-0.3, -0.25) is 4.79 Å². The zero-order chi connectivity index (χ0) is 14.5. The maximum Gasteiger partial charge on any atom is 0.201 e. The number of rotatable bonds is 5. The zero-order valence-electron chi connectivity index (χ0n) is 12.5. The first-order valence-electron chi connectivity index (χ1n) is 8.19. The fraction of sp³-hybridized carbons (Fsp3) is 0.647. The van der Waals surface area contributed by atoms with Crippen molar-refractivity contribution in [2.75, 3.05) is 26.2 Å². The summed E-state index contributed by atoms with van der Waals surface area (Å²) in [5, 5.41) is 6.78. The van der Waals surface area contributed by atoms with Crippen LogP contribution in [0.1, 0.15) is 36.2 Å². The molecule has 3 rings (SSSR count). The van der Waals surface area contributed by atoms with Crippen LogP contribution in [0, 0.1) is 24.2 Å². The monoisotopic (exact) mass is 289 g/mol. The Labute approximate surface area is 126 Å². The third-order valence-electron chi connectivity index (χ3n) is 4.82. The fourth-order valence-corrected chi connectivity index (χ4v) is 3.57. The quantitative estimate of drug-likeness (QED) is 0.817. The Kier molecular flexibility index (Phi) is 5.09. The Balaban J connectivity index is 1.71. The Hall–Kier alpha value is -1.13. The summed E-state index contributed by atoms with van der Waals surface area (Å²) in [5.74, 6) is 1.72. The second-order valence-corrected chi connectivity index (χ2v) is 6.23. The Morgan fingerprint density at radius 2 is 1.81 bits per heavy atom. The van der Waals surface area contributed by atoms with E-state index in [0.29, 0.717) is 17.6 Å². The molecule has 2 N–H and O–H groups in total. The molecule has 4 nitrogen and oxygen atoms in total. The van der Waals surface area contributed by atoms with Crippen molar-refractivity contribution in [1.29, 1.82) is 0 Å². The number of furan rings is 1. The summed E-state index contributed by atoms with van der Waals surface area (Å²) in [4.78, 5) is 12.8. The van der Waals surface area contributed by atoms with Gasteiger partial charge in [-0.15, -0.1) is 0 Å². The summed E-state index contributed by atoms with van der Waals surface area (Å²) in [7, 11) is 0. The predicted molar refractivity (Wildman–Crippen MR) is 82.0 cm³/mol. The Bertz CT molecular complexity index is 432. The van der Waals surface area contributed by atoms with Gasteiger partial charge in [-0.25, -0.2) is 0 Å². The summed E-state index contributed by atoms with van der Waals surface area (Å²) < 4.78 is 5.36. The maximum atomic E-state index is 12.8. The van der Waals surface area contributed by atoms with E-state index in [1.165, 1.54) is 0 Å². The van der Waals surface area contributed by atoms with Gasteiger partial charge in [-0.05, 0) is 82.3 Å². The van der Waals surface area contributed by atoms with E-state index in [-0.39, 0.29) is 11.7 Å². The number of carbonyl (C=O) groups is 1. The van der Waals surface area contributed by atoms with Crippen LogP contribution in [0.25, 0.3) is 0 Å². The summed E-state index contributed by atoms with van der Waals surface area (Å²) in [6, 6.07) is 3.60. The molecule has 21 heavy (non-hydrogen) atoms. The molecule has 115 valence electrons. The van der Waals surface area contributed by atoms with Gasteiger partial charge in [0.1, 0.15) is 0 Å². The number of piperidine rings is 2. The molecule has 1 aromatic rings. The van der Waals surface area contributed by atoms with Crippen molar-refractivity contribution in [3.8, 4) is 0 Å². The first-order valence-corrected chi connectivity index (χ1v) is 8.19. The van der Waals surface area contributed by atoms with Crippen LogP contribution < -0.4 is 10.6 Å².